The van der Waals surface area contributed by atoms with Crippen molar-refractivity contribution in [1.29, 1.82) is 0 Å². The summed E-state index contributed by atoms with van der Waals surface area (Å²) in [6.07, 6.45) is 1.92. The summed E-state index contributed by atoms with van der Waals surface area (Å²) in [5, 5.41) is 3.33. The van der Waals surface area contributed by atoms with Gasteiger partial charge >= 0.3 is 0 Å². The molecule has 1 rings (SSSR count). The summed E-state index contributed by atoms with van der Waals surface area (Å²) in [6, 6.07) is 6.05. The molecule has 82 valence electrons. The molecule has 1 aromatic rings. The predicted molar refractivity (Wildman–Crippen MR) is 71.6 cm³/mol. The van der Waals surface area contributed by atoms with Crippen LogP contribution in [0.4, 0.5) is 11.4 Å². The number of aryl methyl sites for hydroxylation is 1. The second-order valence-corrected chi connectivity index (χ2v) is 4.48. The number of anilines is 2. The molecule has 0 aliphatic rings. The van der Waals surface area contributed by atoms with Crippen molar-refractivity contribution in [2.45, 2.75) is 6.92 Å². The molecule has 0 aliphatic carbocycles. The summed E-state index contributed by atoms with van der Waals surface area (Å²) in [6.45, 7) is 6.64. The molecule has 0 radical (unpaired) electrons. The average molecular weight is 222 g/mol. The zero-order chi connectivity index (χ0) is 11.1. The van der Waals surface area contributed by atoms with E-state index in [9.17, 15) is 0 Å². The van der Waals surface area contributed by atoms with E-state index < -0.39 is 0 Å². The summed E-state index contributed by atoms with van der Waals surface area (Å²) in [5.74, 6) is 2.07. The lowest BCUT2D eigenvalue weighted by Crippen LogP contribution is -2.07. The van der Waals surface area contributed by atoms with Gasteiger partial charge in [-0.1, -0.05) is 18.2 Å². The number of benzene rings is 1. The van der Waals surface area contributed by atoms with E-state index in [-0.39, 0.29) is 0 Å². The van der Waals surface area contributed by atoms with Gasteiger partial charge in [-0.25, -0.2) is 0 Å². The molecule has 0 bridgehead atoms. The van der Waals surface area contributed by atoms with Gasteiger partial charge in [-0.2, -0.15) is 11.8 Å². The molecule has 0 aromatic heterocycles. The van der Waals surface area contributed by atoms with Crippen molar-refractivity contribution in [3.05, 3.63) is 36.4 Å². The van der Waals surface area contributed by atoms with Gasteiger partial charge in [-0.05, 0) is 18.6 Å². The van der Waals surface area contributed by atoms with Crippen molar-refractivity contribution in [3.63, 3.8) is 0 Å². The quantitative estimate of drug-likeness (QED) is 0.441. The van der Waals surface area contributed by atoms with E-state index in [1.165, 1.54) is 0 Å². The van der Waals surface area contributed by atoms with Crippen LogP contribution in [0.1, 0.15) is 5.56 Å². The lowest BCUT2D eigenvalue weighted by Gasteiger charge is -2.10. The number of hydrogen-bond acceptors (Lipinski definition) is 3. The molecule has 3 N–H and O–H groups in total. The average Bonchev–Trinajstić information content (AvgIpc) is 2.24. The Labute approximate surface area is 95.9 Å². The molecule has 1 aromatic carbocycles. The molecule has 0 unspecified atom stereocenters. The number of nitrogens with one attached hydrogen (secondary N) is 1. The molecule has 2 nitrogen and oxygen atoms in total. The van der Waals surface area contributed by atoms with Crippen LogP contribution in [0.5, 0.6) is 0 Å². The van der Waals surface area contributed by atoms with Crippen LogP contribution in [0, 0.1) is 6.92 Å². The molecule has 3 heteroatoms. The summed E-state index contributed by atoms with van der Waals surface area (Å²) >= 11 is 1.86. The van der Waals surface area contributed by atoms with Crippen molar-refractivity contribution in [2.24, 2.45) is 0 Å². The molecule has 15 heavy (non-hydrogen) atoms. The van der Waals surface area contributed by atoms with Crippen LogP contribution >= 0.6 is 11.8 Å². The Kier molecular flexibility index (Phi) is 5.12. The first-order valence-corrected chi connectivity index (χ1v) is 6.18. The van der Waals surface area contributed by atoms with Crippen LogP contribution in [0.25, 0.3) is 0 Å². The van der Waals surface area contributed by atoms with Crippen LogP contribution in [0.15, 0.2) is 30.9 Å². The van der Waals surface area contributed by atoms with Gasteiger partial charge in [0.1, 0.15) is 0 Å². The smallest absolute Gasteiger partial charge is 0.0579 e. The topological polar surface area (TPSA) is 38.0 Å². The minimum absolute atomic E-state index is 0.853. The second kappa shape index (κ2) is 6.40. The third kappa shape index (κ3) is 3.88. The Morgan fingerprint density at radius 3 is 3.07 bits per heavy atom. The maximum atomic E-state index is 5.94. The Morgan fingerprint density at radius 2 is 2.33 bits per heavy atom. The number of nitrogens with two attached hydrogens (primary N) is 1. The maximum Gasteiger partial charge on any atom is 0.0579 e. The zero-order valence-electron chi connectivity index (χ0n) is 9.12. The molecular weight excluding hydrogens is 204 g/mol. The van der Waals surface area contributed by atoms with Gasteiger partial charge in [0.15, 0.2) is 0 Å². The van der Waals surface area contributed by atoms with Gasteiger partial charge in [0, 0.05) is 18.1 Å². The molecule has 0 atom stereocenters. The Balaban J connectivity index is 2.37. The third-order valence-corrected chi connectivity index (χ3v) is 3.09. The first kappa shape index (κ1) is 12.0. The van der Waals surface area contributed by atoms with Crippen LogP contribution in [0.3, 0.4) is 0 Å². The van der Waals surface area contributed by atoms with E-state index in [2.05, 4.69) is 11.9 Å². The summed E-state index contributed by atoms with van der Waals surface area (Å²) in [7, 11) is 0. The monoisotopic (exact) mass is 222 g/mol. The number of para-hydroxylation sites is 1. The van der Waals surface area contributed by atoms with E-state index in [1.807, 2.05) is 43.0 Å². The minimum Gasteiger partial charge on any atom is -0.397 e. The van der Waals surface area contributed by atoms with Crippen molar-refractivity contribution >= 4 is 23.1 Å². The largest absolute Gasteiger partial charge is 0.397 e. The number of thioether (sulfide) groups is 1. The molecule has 0 aliphatic heterocycles. The van der Waals surface area contributed by atoms with Gasteiger partial charge in [0.25, 0.3) is 0 Å². The number of rotatable bonds is 6. The van der Waals surface area contributed by atoms with Crippen LogP contribution in [0.2, 0.25) is 0 Å². The maximum absolute atomic E-state index is 5.94. The van der Waals surface area contributed by atoms with E-state index in [0.29, 0.717) is 0 Å². The van der Waals surface area contributed by atoms with Crippen LogP contribution in [-0.4, -0.2) is 18.1 Å². The van der Waals surface area contributed by atoms with E-state index >= 15 is 0 Å². The van der Waals surface area contributed by atoms with E-state index in [4.69, 9.17) is 5.73 Å². The lowest BCUT2D eigenvalue weighted by molar-refractivity contribution is 1.23. The van der Waals surface area contributed by atoms with Gasteiger partial charge in [-0.3, -0.25) is 0 Å². The summed E-state index contributed by atoms with van der Waals surface area (Å²) < 4.78 is 0. The standard InChI is InChI=1S/C12H18N2S/c1-3-8-15-9-7-14-11-6-4-5-10(2)12(11)13/h3-6,14H,1,7-9,13H2,2H3. The van der Waals surface area contributed by atoms with E-state index in [1.54, 1.807) is 0 Å². The highest BCUT2D eigenvalue weighted by Crippen LogP contribution is 2.21. The zero-order valence-corrected chi connectivity index (χ0v) is 9.94. The van der Waals surface area contributed by atoms with Crippen LogP contribution < -0.4 is 11.1 Å². The molecule has 0 saturated carbocycles. The highest BCUT2D eigenvalue weighted by molar-refractivity contribution is 7.99. The molecule has 0 heterocycles. The Morgan fingerprint density at radius 1 is 1.53 bits per heavy atom. The second-order valence-electron chi connectivity index (χ2n) is 3.33. The Hall–Kier alpha value is -1.09. The third-order valence-electron chi connectivity index (χ3n) is 2.12. The van der Waals surface area contributed by atoms with Crippen molar-refractivity contribution in [1.82, 2.24) is 0 Å². The highest BCUT2D eigenvalue weighted by atomic mass is 32.2. The van der Waals surface area contributed by atoms with Crippen molar-refractivity contribution < 1.29 is 0 Å². The summed E-state index contributed by atoms with van der Waals surface area (Å²) in [4.78, 5) is 0. The first-order valence-electron chi connectivity index (χ1n) is 5.03. The first-order chi connectivity index (χ1) is 7.25. The summed E-state index contributed by atoms with van der Waals surface area (Å²) in [5.41, 5.74) is 8.95. The predicted octanol–water partition coefficient (Wildman–Crippen LogP) is 2.91. The number of hydrogen-bond donors (Lipinski definition) is 2. The fourth-order valence-corrected chi connectivity index (χ4v) is 1.84. The van der Waals surface area contributed by atoms with Gasteiger partial charge < -0.3 is 11.1 Å². The van der Waals surface area contributed by atoms with Crippen LogP contribution in [-0.2, 0) is 0 Å². The molecule has 0 saturated heterocycles. The Bertz CT molecular complexity index is 323. The molecule has 0 amide bonds. The fourth-order valence-electron chi connectivity index (χ4n) is 1.26. The molecular formula is C12H18N2S. The van der Waals surface area contributed by atoms with E-state index in [0.717, 1.165) is 35.0 Å². The highest BCUT2D eigenvalue weighted by Gasteiger charge is 1.99. The normalized spacial score (nSPS) is 9.93. The molecule has 0 fully saturated rings. The van der Waals surface area contributed by atoms with Gasteiger partial charge in [-0.15, -0.1) is 6.58 Å². The lowest BCUT2D eigenvalue weighted by atomic mass is 10.2. The minimum atomic E-state index is 0.853. The van der Waals surface area contributed by atoms with Crippen molar-refractivity contribution in [2.75, 3.05) is 29.1 Å². The number of nitrogen functional groups attached to an aromatic ring is 1. The fraction of sp³-hybridized carbons (Fsp3) is 0.333. The molecule has 0 spiro atoms. The van der Waals surface area contributed by atoms with Gasteiger partial charge in [0.2, 0.25) is 0 Å². The SMILES string of the molecule is C=CCSCCNc1cccc(C)c1N. The van der Waals surface area contributed by atoms with Crippen molar-refractivity contribution in [3.8, 4) is 0 Å². The van der Waals surface area contributed by atoms with Gasteiger partial charge in [0.05, 0.1) is 11.4 Å².